The number of carbonyl (C=O) groups is 1. The van der Waals surface area contributed by atoms with E-state index >= 15 is 0 Å². The van der Waals surface area contributed by atoms with Crippen molar-refractivity contribution in [2.75, 3.05) is 6.61 Å². The zero-order valence-corrected chi connectivity index (χ0v) is 13.1. The minimum Gasteiger partial charge on any atom is -0.394 e. The first-order valence-corrected chi connectivity index (χ1v) is 7.79. The first kappa shape index (κ1) is 16.1. The lowest BCUT2D eigenvalue weighted by molar-refractivity contribution is -0.121. The zero-order chi connectivity index (χ0) is 16.9. The Balaban J connectivity index is 1.72. The van der Waals surface area contributed by atoms with Gasteiger partial charge in [0.15, 0.2) is 0 Å². The molecule has 0 fully saturated rings. The van der Waals surface area contributed by atoms with Crippen LogP contribution in [-0.4, -0.2) is 17.6 Å². The number of hydrogen-bond donors (Lipinski definition) is 2. The van der Waals surface area contributed by atoms with E-state index in [2.05, 4.69) is 5.32 Å². The summed E-state index contributed by atoms with van der Waals surface area (Å²) in [6, 6.07) is 19.1. The molecule has 0 aliphatic carbocycles. The summed E-state index contributed by atoms with van der Waals surface area (Å²) in [5.74, 6) is -0.544. The molecule has 0 unspecified atom stereocenters. The number of carbonyl (C=O) groups excluding carboxylic acids is 1. The maximum atomic E-state index is 12.9. The van der Waals surface area contributed by atoms with Crippen LogP contribution in [0.5, 0.6) is 0 Å². The van der Waals surface area contributed by atoms with Gasteiger partial charge in [0.05, 0.1) is 19.1 Å². The van der Waals surface area contributed by atoms with Crippen LogP contribution in [0.25, 0.3) is 10.8 Å². The third kappa shape index (κ3) is 3.78. The highest BCUT2D eigenvalue weighted by molar-refractivity contribution is 5.83. The molecule has 2 N–H and O–H groups in total. The maximum Gasteiger partial charge on any atom is 0.224 e. The van der Waals surface area contributed by atoms with Crippen LogP contribution in [0.2, 0.25) is 0 Å². The van der Waals surface area contributed by atoms with Gasteiger partial charge in [-0.1, -0.05) is 48.5 Å². The fourth-order valence-electron chi connectivity index (χ4n) is 2.69. The van der Waals surface area contributed by atoms with Crippen molar-refractivity contribution < 1.29 is 14.3 Å². The normalized spacial score (nSPS) is 12.1. The Labute approximate surface area is 139 Å². The second-order valence-corrected chi connectivity index (χ2v) is 5.71. The van der Waals surface area contributed by atoms with Gasteiger partial charge in [-0.05, 0) is 40.1 Å². The quantitative estimate of drug-likeness (QED) is 0.756. The number of fused-ring (bicyclic) bond motifs is 1. The van der Waals surface area contributed by atoms with Gasteiger partial charge in [-0.2, -0.15) is 0 Å². The molecule has 122 valence electrons. The van der Waals surface area contributed by atoms with Gasteiger partial charge in [-0.25, -0.2) is 4.39 Å². The van der Waals surface area contributed by atoms with E-state index in [1.165, 1.54) is 12.1 Å². The van der Waals surface area contributed by atoms with E-state index in [0.29, 0.717) is 0 Å². The highest BCUT2D eigenvalue weighted by Gasteiger charge is 2.14. The second kappa shape index (κ2) is 7.23. The van der Waals surface area contributed by atoms with Crippen LogP contribution >= 0.6 is 0 Å². The molecule has 0 aliphatic rings. The van der Waals surface area contributed by atoms with Gasteiger partial charge in [0.2, 0.25) is 5.91 Å². The van der Waals surface area contributed by atoms with Crippen LogP contribution in [0.15, 0.2) is 66.7 Å². The van der Waals surface area contributed by atoms with Crippen molar-refractivity contribution in [3.63, 3.8) is 0 Å². The topological polar surface area (TPSA) is 49.3 Å². The first-order valence-electron chi connectivity index (χ1n) is 7.79. The smallest absolute Gasteiger partial charge is 0.224 e. The predicted octanol–water partition coefficient (Wildman–Crippen LogP) is 3.37. The maximum absolute atomic E-state index is 12.9. The number of hydrogen-bond acceptors (Lipinski definition) is 2. The molecule has 0 radical (unpaired) electrons. The van der Waals surface area contributed by atoms with Gasteiger partial charge in [-0.3, -0.25) is 4.79 Å². The lowest BCUT2D eigenvalue weighted by Gasteiger charge is -2.17. The summed E-state index contributed by atoms with van der Waals surface area (Å²) in [5.41, 5.74) is 1.58. The lowest BCUT2D eigenvalue weighted by Crippen LogP contribution is -2.31. The number of halogens is 1. The van der Waals surface area contributed by atoms with Crippen molar-refractivity contribution in [3.8, 4) is 0 Å². The van der Waals surface area contributed by atoms with Crippen LogP contribution in [0.4, 0.5) is 4.39 Å². The summed E-state index contributed by atoms with van der Waals surface area (Å²) < 4.78 is 12.9. The van der Waals surface area contributed by atoms with E-state index in [9.17, 15) is 14.3 Å². The summed E-state index contributed by atoms with van der Waals surface area (Å²) in [6.45, 7) is -0.187. The van der Waals surface area contributed by atoms with Gasteiger partial charge in [0, 0.05) is 0 Å². The largest absolute Gasteiger partial charge is 0.394 e. The van der Waals surface area contributed by atoms with Crippen LogP contribution in [0, 0.1) is 5.82 Å². The molecular weight excluding hydrogens is 305 g/mol. The second-order valence-electron chi connectivity index (χ2n) is 5.71. The molecule has 0 aromatic heterocycles. The van der Waals surface area contributed by atoms with E-state index in [1.54, 1.807) is 12.1 Å². The molecule has 0 spiro atoms. The number of aliphatic hydroxyl groups is 1. The Morgan fingerprint density at radius 2 is 1.71 bits per heavy atom. The average molecular weight is 323 g/mol. The van der Waals surface area contributed by atoms with Crippen molar-refractivity contribution in [1.82, 2.24) is 5.32 Å². The van der Waals surface area contributed by atoms with Crippen molar-refractivity contribution >= 4 is 16.7 Å². The molecule has 24 heavy (non-hydrogen) atoms. The molecule has 0 bridgehead atoms. The van der Waals surface area contributed by atoms with Gasteiger partial charge >= 0.3 is 0 Å². The number of nitrogens with one attached hydrogen (secondary N) is 1. The summed E-state index contributed by atoms with van der Waals surface area (Å²) >= 11 is 0. The molecule has 3 aromatic rings. The first-order chi connectivity index (χ1) is 11.7. The highest BCUT2D eigenvalue weighted by atomic mass is 19.1. The SMILES string of the molecule is O=C(Cc1ccc(F)cc1)N[C@@H](CO)c1ccc2ccccc2c1. The number of amides is 1. The Hall–Kier alpha value is -2.72. The number of aliphatic hydroxyl groups excluding tert-OH is 1. The van der Waals surface area contributed by atoms with E-state index in [4.69, 9.17) is 0 Å². The summed E-state index contributed by atoms with van der Waals surface area (Å²) in [5, 5.41) is 14.6. The summed E-state index contributed by atoms with van der Waals surface area (Å²) in [6.07, 6.45) is 0.143. The fourth-order valence-corrected chi connectivity index (χ4v) is 2.69. The van der Waals surface area contributed by atoms with E-state index < -0.39 is 6.04 Å². The molecule has 4 heteroatoms. The van der Waals surface area contributed by atoms with Gasteiger partial charge < -0.3 is 10.4 Å². The Bertz CT molecular complexity index is 846. The Morgan fingerprint density at radius 3 is 2.42 bits per heavy atom. The molecule has 3 aromatic carbocycles. The standard InChI is InChI=1S/C20H18FNO2/c21-18-9-5-14(6-10-18)11-20(24)22-19(13-23)17-8-7-15-3-1-2-4-16(15)12-17/h1-10,12,19,23H,11,13H2,(H,22,24)/t19-/m0/s1. The van der Waals surface area contributed by atoms with Crippen LogP contribution in [0.1, 0.15) is 17.2 Å². The monoisotopic (exact) mass is 323 g/mol. The van der Waals surface area contributed by atoms with Crippen molar-refractivity contribution in [3.05, 3.63) is 83.7 Å². The van der Waals surface area contributed by atoms with E-state index in [1.807, 2.05) is 42.5 Å². The molecule has 3 nitrogen and oxygen atoms in total. The fraction of sp³-hybridized carbons (Fsp3) is 0.150. The molecule has 1 amide bonds. The number of rotatable bonds is 5. The van der Waals surface area contributed by atoms with Crippen LogP contribution < -0.4 is 5.32 Å². The molecule has 0 saturated carbocycles. The number of benzene rings is 3. The predicted molar refractivity (Wildman–Crippen MR) is 92.0 cm³/mol. The average Bonchev–Trinajstić information content (AvgIpc) is 2.61. The minimum absolute atomic E-state index is 0.143. The van der Waals surface area contributed by atoms with E-state index in [0.717, 1.165) is 21.9 Å². The van der Waals surface area contributed by atoms with Crippen molar-refractivity contribution in [2.24, 2.45) is 0 Å². The highest BCUT2D eigenvalue weighted by Crippen LogP contribution is 2.20. The van der Waals surface area contributed by atoms with Gasteiger partial charge in [-0.15, -0.1) is 0 Å². The van der Waals surface area contributed by atoms with Crippen LogP contribution in [0.3, 0.4) is 0 Å². The van der Waals surface area contributed by atoms with Crippen molar-refractivity contribution in [2.45, 2.75) is 12.5 Å². The lowest BCUT2D eigenvalue weighted by atomic mass is 10.0. The molecule has 0 saturated heterocycles. The molecule has 0 heterocycles. The Morgan fingerprint density at radius 1 is 1.00 bits per heavy atom. The third-order valence-electron chi connectivity index (χ3n) is 3.97. The molecule has 1 atom stereocenters. The molecule has 3 rings (SSSR count). The van der Waals surface area contributed by atoms with Gasteiger partial charge in [0.25, 0.3) is 0 Å². The molecular formula is C20H18FNO2. The zero-order valence-electron chi connectivity index (χ0n) is 13.1. The Kier molecular flexibility index (Phi) is 4.87. The van der Waals surface area contributed by atoms with Crippen molar-refractivity contribution in [1.29, 1.82) is 0 Å². The summed E-state index contributed by atoms with van der Waals surface area (Å²) in [7, 11) is 0. The van der Waals surface area contributed by atoms with Gasteiger partial charge in [0.1, 0.15) is 5.82 Å². The third-order valence-corrected chi connectivity index (χ3v) is 3.97. The summed E-state index contributed by atoms with van der Waals surface area (Å²) in [4.78, 5) is 12.2. The van der Waals surface area contributed by atoms with Crippen LogP contribution in [-0.2, 0) is 11.2 Å². The molecule has 0 aliphatic heterocycles. The minimum atomic E-state index is -0.470. The van der Waals surface area contributed by atoms with E-state index in [-0.39, 0.29) is 24.8 Å².